The number of nitrogens with one attached hydrogen (secondary N) is 1. The lowest BCUT2D eigenvalue weighted by Gasteiger charge is -2.14. The average molecular weight is 254 g/mol. The number of carbonyl (C=O) groups excluding carboxylic acids is 1. The van der Waals surface area contributed by atoms with Gasteiger partial charge in [0.15, 0.2) is 0 Å². The van der Waals surface area contributed by atoms with Gasteiger partial charge in [-0.3, -0.25) is 14.6 Å². The van der Waals surface area contributed by atoms with Gasteiger partial charge in [-0.1, -0.05) is 0 Å². The smallest absolute Gasteiger partial charge is 0.397 e. The molecule has 0 aliphatic carbocycles. The lowest BCUT2D eigenvalue weighted by atomic mass is 10.1. The van der Waals surface area contributed by atoms with E-state index in [1.54, 1.807) is 4.84 Å². The number of anilines is 1. The zero-order valence-electron chi connectivity index (χ0n) is 8.02. The molecule has 0 saturated carbocycles. The van der Waals surface area contributed by atoms with Gasteiger partial charge in [-0.05, 0) is 6.92 Å². The summed E-state index contributed by atoms with van der Waals surface area (Å²) in [5.41, 5.74) is 2.75. The van der Waals surface area contributed by atoms with Gasteiger partial charge in [0.2, 0.25) is 0 Å². The fourth-order valence-electron chi connectivity index (χ4n) is 1.15. The minimum atomic E-state index is -4.74. The van der Waals surface area contributed by atoms with Crippen LogP contribution in [0.2, 0.25) is 0 Å². The third-order valence-corrected chi connectivity index (χ3v) is 2.10. The number of hydrogen-bond donors (Lipinski definition) is 2. The molecule has 1 aromatic rings. The minimum absolute atomic E-state index is 0.00144. The van der Waals surface area contributed by atoms with Crippen LogP contribution in [-0.2, 0) is 6.18 Å². The molecule has 1 aromatic heterocycles. The Morgan fingerprint density at radius 2 is 2.12 bits per heavy atom. The molecule has 0 fully saturated rings. The maximum Gasteiger partial charge on any atom is 0.419 e. The number of nitrogens with zero attached hydrogens (tertiary/aromatic N) is 1. The maximum atomic E-state index is 12.7. The van der Waals surface area contributed by atoms with Crippen LogP contribution in [0.3, 0.4) is 0 Å². The molecule has 88 valence electrons. The second-order valence-corrected chi connectivity index (χ2v) is 3.16. The molecule has 0 radical (unpaired) electrons. The first-order valence-electron chi connectivity index (χ1n) is 4.02. The Balaban J connectivity index is 3.52. The van der Waals surface area contributed by atoms with Crippen molar-refractivity contribution in [2.75, 3.05) is 5.73 Å². The van der Waals surface area contributed by atoms with E-state index in [2.05, 4.69) is 4.98 Å². The maximum absolute atomic E-state index is 12.7. The fourth-order valence-corrected chi connectivity index (χ4v) is 1.25. The van der Waals surface area contributed by atoms with Crippen LogP contribution in [0.15, 0.2) is 6.20 Å². The lowest BCUT2D eigenvalue weighted by molar-refractivity contribution is -0.137. The molecule has 0 aliphatic rings. The van der Waals surface area contributed by atoms with Crippen molar-refractivity contribution in [3.05, 3.63) is 23.0 Å². The van der Waals surface area contributed by atoms with Gasteiger partial charge in [-0.2, -0.15) is 13.2 Å². The van der Waals surface area contributed by atoms with Crippen LogP contribution >= 0.6 is 11.8 Å². The highest BCUT2D eigenvalue weighted by atomic mass is 35.5. The molecule has 3 N–H and O–H groups in total. The standard InChI is InChI=1S/C8H7ClF3N3O/c1-3-6(13)5(8(10,11)12)4(2-14-3)7(16)15-9/h2H,13H2,1H3,(H,15,16). The molecule has 0 bridgehead atoms. The number of carbonyl (C=O) groups is 1. The van der Waals surface area contributed by atoms with Gasteiger partial charge in [0, 0.05) is 18.0 Å². The second kappa shape index (κ2) is 4.17. The molecule has 0 aromatic carbocycles. The van der Waals surface area contributed by atoms with Crippen LogP contribution < -0.4 is 10.6 Å². The van der Waals surface area contributed by atoms with E-state index in [0.717, 1.165) is 6.20 Å². The summed E-state index contributed by atoms with van der Waals surface area (Å²) in [4.78, 5) is 16.3. The summed E-state index contributed by atoms with van der Waals surface area (Å²) in [5, 5.41) is 0. The molecule has 0 atom stereocenters. The molecule has 0 aliphatic heterocycles. The number of rotatable bonds is 1. The van der Waals surface area contributed by atoms with Gasteiger partial charge in [0.05, 0.1) is 22.5 Å². The number of alkyl halides is 3. The highest BCUT2D eigenvalue weighted by Gasteiger charge is 2.38. The van der Waals surface area contributed by atoms with E-state index in [9.17, 15) is 18.0 Å². The summed E-state index contributed by atoms with van der Waals surface area (Å²) in [5.74, 6) is -1.10. The van der Waals surface area contributed by atoms with E-state index in [4.69, 9.17) is 17.5 Å². The number of aromatic nitrogens is 1. The fraction of sp³-hybridized carbons (Fsp3) is 0.250. The minimum Gasteiger partial charge on any atom is -0.397 e. The number of hydrogen-bond acceptors (Lipinski definition) is 3. The first-order valence-corrected chi connectivity index (χ1v) is 4.40. The molecule has 1 rings (SSSR count). The van der Waals surface area contributed by atoms with Gasteiger partial charge in [0.25, 0.3) is 5.91 Å². The summed E-state index contributed by atoms with van der Waals surface area (Å²) in [6.07, 6.45) is -3.96. The topological polar surface area (TPSA) is 68.0 Å². The molecular formula is C8H7ClF3N3O. The Hall–Kier alpha value is -1.50. The van der Waals surface area contributed by atoms with Crippen LogP contribution in [0.4, 0.5) is 18.9 Å². The van der Waals surface area contributed by atoms with E-state index in [0.29, 0.717) is 0 Å². The molecule has 1 heterocycles. The predicted octanol–water partition coefficient (Wildman–Crippen LogP) is 1.87. The Morgan fingerprint density at radius 3 is 2.56 bits per heavy atom. The SMILES string of the molecule is Cc1ncc(C(=O)NCl)c(C(F)(F)F)c1N. The lowest BCUT2D eigenvalue weighted by Crippen LogP contribution is -2.22. The zero-order valence-corrected chi connectivity index (χ0v) is 8.78. The van der Waals surface area contributed by atoms with Gasteiger partial charge in [-0.25, -0.2) is 0 Å². The first-order chi connectivity index (χ1) is 7.29. The van der Waals surface area contributed by atoms with E-state index in [1.807, 2.05) is 0 Å². The van der Waals surface area contributed by atoms with E-state index < -0.39 is 28.9 Å². The van der Waals surface area contributed by atoms with Crippen molar-refractivity contribution < 1.29 is 18.0 Å². The number of nitrogen functional groups attached to an aromatic ring is 1. The largest absolute Gasteiger partial charge is 0.419 e. The monoisotopic (exact) mass is 253 g/mol. The van der Waals surface area contributed by atoms with Gasteiger partial charge >= 0.3 is 6.18 Å². The zero-order chi connectivity index (χ0) is 12.5. The second-order valence-electron chi connectivity index (χ2n) is 2.97. The molecule has 0 spiro atoms. The third kappa shape index (κ3) is 2.19. The van der Waals surface area contributed by atoms with Gasteiger partial charge in [-0.15, -0.1) is 0 Å². The van der Waals surface area contributed by atoms with Crippen LogP contribution in [0.5, 0.6) is 0 Å². The average Bonchev–Trinajstić information content (AvgIpc) is 2.18. The summed E-state index contributed by atoms with van der Waals surface area (Å²) >= 11 is 4.97. The Kier molecular flexibility index (Phi) is 3.27. The highest BCUT2D eigenvalue weighted by Crippen LogP contribution is 2.36. The van der Waals surface area contributed by atoms with E-state index >= 15 is 0 Å². The van der Waals surface area contributed by atoms with Crippen molar-refractivity contribution >= 4 is 23.4 Å². The predicted molar refractivity (Wildman–Crippen MR) is 51.7 cm³/mol. The first kappa shape index (κ1) is 12.6. The Morgan fingerprint density at radius 1 is 1.56 bits per heavy atom. The van der Waals surface area contributed by atoms with Crippen molar-refractivity contribution in [2.24, 2.45) is 0 Å². The number of halogens is 4. The summed E-state index contributed by atoms with van der Waals surface area (Å²) < 4.78 is 38.0. The van der Waals surface area contributed by atoms with E-state index in [-0.39, 0.29) is 5.69 Å². The number of aryl methyl sites for hydroxylation is 1. The third-order valence-electron chi connectivity index (χ3n) is 1.93. The Labute approximate surface area is 93.7 Å². The summed E-state index contributed by atoms with van der Waals surface area (Å²) in [6.45, 7) is 1.31. The van der Waals surface area contributed by atoms with Crippen molar-refractivity contribution in [3.63, 3.8) is 0 Å². The highest BCUT2D eigenvalue weighted by molar-refractivity contribution is 6.24. The molecule has 16 heavy (non-hydrogen) atoms. The summed E-state index contributed by atoms with van der Waals surface area (Å²) in [7, 11) is 0. The van der Waals surface area contributed by atoms with Crippen molar-refractivity contribution in [1.82, 2.24) is 9.82 Å². The Bertz CT molecular complexity index is 433. The van der Waals surface area contributed by atoms with Crippen LogP contribution in [0.1, 0.15) is 21.6 Å². The van der Waals surface area contributed by atoms with Crippen LogP contribution in [-0.4, -0.2) is 10.9 Å². The van der Waals surface area contributed by atoms with E-state index in [1.165, 1.54) is 6.92 Å². The van der Waals surface area contributed by atoms with Crippen LogP contribution in [0, 0.1) is 6.92 Å². The van der Waals surface area contributed by atoms with Crippen molar-refractivity contribution in [3.8, 4) is 0 Å². The molecule has 0 unspecified atom stereocenters. The normalized spacial score (nSPS) is 11.3. The molecule has 4 nitrogen and oxygen atoms in total. The van der Waals surface area contributed by atoms with Crippen molar-refractivity contribution in [2.45, 2.75) is 13.1 Å². The molecule has 8 heteroatoms. The molecule has 0 saturated heterocycles. The summed E-state index contributed by atoms with van der Waals surface area (Å²) in [6, 6.07) is 0. The molecule has 1 amide bonds. The molecular weight excluding hydrogens is 247 g/mol. The number of nitrogens with two attached hydrogens (primary N) is 1. The number of amides is 1. The van der Waals surface area contributed by atoms with Crippen molar-refractivity contribution in [1.29, 1.82) is 0 Å². The van der Waals surface area contributed by atoms with Gasteiger partial charge < -0.3 is 5.73 Å². The van der Waals surface area contributed by atoms with Gasteiger partial charge in [0.1, 0.15) is 0 Å². The van der Waals surface area contributed by atoms with Crippen LogP contribution in [0.25, 0.3) is 0 Å². The quantitative estimate of drug-likeness (QED) is 0.751. The number of pyridine rings is 1.